The van der Waals surface area contributed by atoms with Crippen LogP contribution in [0.5, 0.6) is 5.75 Å². The van der Waals surface area contributed by atoms with E-state index in [0.717, 1.165) is 24.6 Å². The van der Waals surface area contributed by atoms with E-state index >= 15 is 0 Å². The second kappa shape index (κ2) is 7.64. The Bertz CT molecular complexity index is 424. The molecule has 1 rings (SSSR count). The number of benzene rings is 1. The summed E-state index contributed by atoms with van der Waals surface area (Å²) in [5.41, 5.74) is 6.61. The number of Topliss-reactive ketones (excluding diaryl/α,β-unsaturated/α-hetero) is 1. The summed E-state index contributed by atoms with van der Waals surface area (Å²) in [5, 5.41) is 1.36. The molecule has 0 radical (unpaired) electrons. The lowest BCUT2D eigenvalue weighted by Gasteiger charge is -2.10. The minimum atomic E-state index is 0.0447. The molecular formula is C13H17BrClNO2. The summed E-state index contributed by atoms with van der Waals surface area (Å²) in [7, 11) is 1.52. The van der Waals surface area contributed by atoms with Gasteiger partial charge in [0.15, 0.2) is 5.78 Å². The molecule has 0 unspecified atom stereocenters. The maximum absolute atomic E-state index is 12.1. The molecule has 2 N–H and O–H groups in total. The van der Waals surface area contributed by atoms with Crippen LogP contribution >= 0.6 is 27.5 Å². The third-order valence-corrected chi connectivity index (χ3v) is 3.54. The van der Waals surface area contributed by atoms with E-state index in [0.29, 0.717) is 28.4 Å². The maximum atomic E-state index is 12.1. The minimum Gasteiger partial charge on any atom is -0.496 e. The smallest absolute Gasteiger partial charge is 0.166 e. The van der Waals surface area contributed by atoms with Crippen LogP contribution in [0.2, 0.25) is 5.02 Å². The van der Waals surface area contributed by atoms with Crippen LogP contribution in [-0.4, -0.2) is 18.2 Å². The predicted octanol–water partition coefficient (Wildman–Crippen LogP) is 4.07. The van der Waals surface area contributed by atoms with Gasteiger partial charge in [-0.2, -0.15) is 0 Å². The van der Waals surface area contributed by atoms with Crippen LogP contribution in [0, 0.1) is 0 Å². The van der Waals surface area contributed by atoms with Gasteiger partial charge < -0.3 is 10.5 Å². The highest BCUT2D eigenvalue weighted by Gasteiger charge is 2.14. The molecule has 3 nitrogen and oxygen atoms in total. The van der Waals surface area contributed by atoms with E-state index < -0.39 is 0 Å². The number of carbonyl (C=O) groups is 1. The first-order valence-electron chi connectivity index (χ1n) is 5.82. The van der Waals surface area contributed by atoms with Crippen LogP contribution in [0.1, 0.15) is 36.0 Å². The van der Waals surface area contributed by atoms with E-state index in [1.54, 1.807) is 12.1 Å². The van der Waals surface area contributed by atoms with Gasteiger partial charge in [-0.15, -0.1) is 0 Å². The third-order valence-electron chi connectivity index (χ3n) is 2.66. The Morgan fingerprint density at radius 3 is 2.72 bits per heavy atom. The van der Waals surface area contributed by atoms with E-state index in [9.17, 15) is 4.79 Å². The normalized spacial score (nSPS) is 10.4. The van der Waals surface area contributed by atoms with Crippen molar-refractivity contribution in [2.75, 3.05) is 18.2 Å². The number of unbranched alkanes of at least 4 members (excludes halogenated alkanes) is 2. The zero-order valence-corrected chi connectivity index (χ0v) is 12.7. The van der Waals surface area contributed by atoms with Crippen molar-refractivity contribution in [3.05, 3.63) is 22.7 Å². The molecule has 0 aromatic heterocycles. The van der Waals surface area contributed by atoms with Gasteiger partial charge in [0.25, 0.3) is 0 Å². The van der Waals surface area contributed by atoms with Crippen molar-refractivity contribution in [3.63, 3.8) is 0 Å². The van der Waals surface area contributed by atoms with Gasteiger partial charge in [-0.3, -0.25) is 4.79 Å². The Balaban J connectivity index is 2.75. The molecule has 0 saturated carbocycles. The number of rotatable bonds is 7. The van der Waals surface area contributed by atoms with Gasteiger partial charge in [0.05, 0.1) is 23.4 Å². The number of ketones is 1. The molecular weight excluding hydrogens is 318 g/mol. The Hall–Kier alpha value is -0.740. The summed E-state index contributed by atoms with van der Waals surface area (Å²) in [6.45, 7) is 0. The summed E-state index contributed by atoms with van der Waals surface area (Å²) < 4.78 is 5.16. The third kappa shape index (κ3) is 4.18. The summed E-state index contributed by atoms with van der Waals surface area (Å²) in [6, 6.07) is 3.18. The lowest BCUT2D eigenvalue weighted by Crippen LogP contribution is -2.03. The molecule has 0 aliphatic rings. The molecule has 18 heavy (non-hydrogen) atoms. The van der Waals surface area contributed by atoms with Gasteiger partial charge in [0, 0.05) is 17.8 Å². The quantitative estimate of drug-likeness (QED) is 0.354. The fraction of sp³-hybridized carbons (Fsp3) is 0.462. The topological polar surface area (TPSA) is 52.3 Å². The van der Waals surface area contributed by atoms with E-state index in [1.807, 2.05) is 0 Å². The highest BCUT2D eigenvalue weighted by Crippen LogP contribution is 2.30. The van der Waals surface area contributed by atoms with E-state index in [2.05, 4.69) is 15.9 Å². The predicted molar refractivity (Wildman–Crippen MR) is 79.0 cm³/mol. The standard InChI is InChI=1S/C13H17BrClNO2/c1-18-13-8-11(16)10(15)7-9(13)12(17)5-3-2-4-6-14/h7-8H,2-6,16H2,1H3. The second-order valence-corrected chi connectivity index (χ2v) is 5.20. The summed E-state index contributed by atoms with van der Waals surface area (Å²) in [5.74, 6) is 0.533. The molecule has 5 heteroatoms. The minimum absolute atomic E-state index is 0.0447. The summed E-state index contributed by atoms with van der Waals surface area (Å²) >= 11 is 9.30. The molecule has 0 atom stereocenters. The lowest BCUT2D eigenvalue weighted by atomic mass is 10.0. The average molecular weight is 335 g/mol. The molecule has 0 aliphatic heterocycles. The zero-order chi connectivity index (χ0) is 13.5. The Kier molecular flexibility index (Phi) is 6.50. The van der Waals surface area contributed by atoms with Gasteiger partial charge in [-0.25, -0.2) is 0 Å². The summed E-state index contributed by atoms with van der Waals surface area (Å²) in [6.07, 6.45) is 3.48. The number of hydrogen-bond acceptors (Lipinski definition) is 3. The van der Waals surface area contributed by atoms with Crippen LogP contribution in [0.25, 0.3) is 0 Å². The fourth-order valence-corrected chi connectivity index (χ4v) is 2.21. The number of nitrogens with two attached hydrogens (primary N) is 1. The maximum Gasteiger partial charge on any atom is 0.166 e. The van der Waals surface area contributed by atoms with Gasteiger partial charge in [-0.05, 0) is 18.9 Å². The Labute approximate surface area is 121 Å². The van der Waals surface area contributed by atoms with Crippen molar-refractivity contribution in [1.82, 2.24) is 0 Å². The second-order valence-electron chi connectivity index (χ2n) is 4.00. The summed E-state index contributed by atoms with van der Waals surface area (Å²) in [4.78, 5) is 12.1. The Morgan fingerprint density at radius 1 is 1.39 bits per heavy atom. The molecule has 0 spiro atoms. The molecule has 0 amide bonds. The highest BCUT2D eigenvalue weighted by molar-refractivity contribution is 9.09. The van der Waals surface area contributed by atoms with Gasteiger partial charge in [0.1, 0.15) is 5.75 Å². The van der Waals surface area contributed by atoms with Crippen molar-refractivity contribution in [2.24, 2.45) is 0 Å². The van der Waals surface area contributed by atoms with Crippen molar-refractivity contribution in [3.8, 4) is 5.75 Å². The van der Waals surface area contributed by atoms with Crippen molar-refractivity contribution >= 4 is 39.0 Å². The van der Waals surface area contributed by atoms with E-state index in [-0.39, 0.29) is 5.78 Å². The largest absolute Gasteiger partial charge is 0.496 e. The van der Waals surface area contributed by atoms with E-state index in [1.165, 1.54) is 7.11 Å². The molecule has 0 saturated heterocycles. The lowest BCUT2D eigenvalue weighted by molar-refractivity contribution is 0.0976. The van der Waals surface area contributed by atoms with Crippen molar-refractivity contribution in [2.45, 2.75) is 25.7 Å². The first-order valence-corrected chi connectivity index (χ1v) is 7.32. The van der Waals surface area contributed by atoms with Crippen LogP contribution in [0.4, 0.5) is 5.69 Å². The van der Waals surface area contributed by atoms with Crippen molar-refractivity contribution in [1.29, 1.82) is 0 Å². The van der Waals surface area contributed by atoms with Crippen LogP contribution in [0.3, 0.4) is 0 Å². The number of nitrogen functional groups attached to an aromatic ring is 1. The van der Waals surface area contributed by atoms with Crippen LogP contribution in [-0.2, 0) is 0 Å². The zero-order valence-electron chi connectivity index (χ0n) is 10.3. The number of carbonyl (C=O) groups excluding carboxylic acids is 1. The van der Waals surface area contributed by atoms with E-state index in [4.69, 9.17) is 22.1 Å². The van der Waals surface area contributed by atoms with Gasteiger partial charge >= 0.3 is 0 Å². The average Bonchev–Trinajstić information content (AvgIpc) is 2.37. The molecule has 0 bridgehead atoms. The van der Waals surface area contributed by atoms with Gasteiger partial charge in [-0.1, -0.05) is 34.0 Å². The number of ether oxygens (including phenoxy) is 1. The first-order chi connectivity index (χ1) is 8.60. The first kappa shape index (κ1) is 15.3. The molecule has 0 fully saturated rings. The van der Waals surface area contributed by atoms with Crippen LogP contribution in [0.15, 0.2) is 12.1 Å². The number of alkyl halides is 1. The van der Waals surface area contributed by atoms with Gasteiger partial charge in [0.2, 0.25) is 0 Å². The van der Waals surface area contributed by atoms with Crippen LogP contribution < -0.4 is 10.5 Å². The molecule has 1 aromatic carbocycles. The Morgan fingerprint density at radius 2 is 2.11 bits per heavy atom. The number of halogens is 2. The highest BCUT2D eigenvalue weighted by atomic mass is 79.9. The number of anilines is 1. The fourth-order valence-electron chi connectivity index (χ4n) is 1.65. The van der Waals surface area contributed by atoms with Crippen molar-refractivity contribution < 1.29 is 9.53 Å². The molecule has 0 aliphatic carbocycles. The SMILES string of the molecule is COc1cc(N)c(Cl)cc1C(=O)CCCCCBr. The molecule has 1 aromatic rings. The number of methoxy groups -OCH3 is 1. The molecule has 0 heterocycles. The monoisotopic (exact) mass is 333 g/mol. The molecule has 100 valence electrons. The number of hydrogen-bond donors (Lipinski definition) is 1.